The van der Waals surface area contributed by atoms with E-state index < -0.39 is 0 Å². The number of aryl methyl sites for hydroxylation is 1. The predicted molar refractivity (Wildman–Crippen MR) is 84.9 cm³/mol. The third-order valence-corrected chi connectivity index (χ3v) is 4.13. The molecule has 0 bridgehead atoms. The summed E-state index contributed by atoms with van der Waals surface area (Å²) in [5.74, 6) is 1.58. The molecule has 0 aliphatic carbocycles. The highest BCUT2D eigenvalue weighted by molar-refractivity contribution is 7.98. The molecule has 0 saturated heterocycles. The zero-order chi connectivity index (χ0) is 14.7. The summed E-state index contributed by atoms with van der Waals surface area (Å²) in [6.45, 7) is 1.93. The summed E-state index contributed by atoms with van der Waals surface area (Å²) in [5, 5.41) is 9.93. The predicted octanol–water partition coefficient (Wildman–Crippen LogP) is 3.92. The van der Waals surface area contributed by atoms with Gasteiger partial charge in [-0.2, -0.15) is 0 Å². The number of thioether (sulfide) groups is 1. The highest BCUT2D eigenvalue weighted by atomic mass is 35.5. The number of hydrogen-bond donors (Lipinski definition) is 0. The monoisotopic (exact) mass is 316 g/mol. The van der Waals surface area contributed by atoms with Gasteiger partial charge in [0, 0.05) is 17.0 Å². The summed E-state index contributed by atoms with van der Waals surface area (Å²) < 4.78 is 2.00. The first-order valence-electron chi connectivity index (χ1n) is 6.45. The first-order valence-corrected chi connectivity index (χ1v) is 7.81. The number of pyridine rings is 1. The Hall–Kier alpha value is -1.85. The van der Waals surface area contributed by atoms with Crippen LogP contribution in [0.25, 0.3) is 5.69 Å². The molecule has 2 aromatic heterocycles. The molecule has 0 saturated carbocycles. The molecule has 2 heterocycles. The number of hydrogen-bond acceptors (Lipinski definition) is 4. The number of aromatic nitrogens is 4. The second-order valence-electron chi connectivity index (χ2n) is 4.45. The molecule has 0 spiro atoms. The Kier molecular flexibility index (Phi) is 4.22. The topological polar surface area (TPSA) is 43.6 Å². The van der Waals surface area contributed by atoms with Crippen molar-refractivity contribution in [1.82, 2.24) is 19.7 Å². The summed E-state index contributed by atoms with van der Waals surface area (Å²) >= 11 is 7.67. The van der Waals surface area contributed by atoms with Gasteiger partial charge in [-0.15, -0.1) is 10.2 Å². The van der Waals surface area contributed by atoms with Crippen molar-refractivity contribution in [2.75, 3.05) is 0 Å². The Morgan fingerprint density at radius 2 is 2.05 bits per heavy atom. The van der Waals surface area contributed by atoms with Crippen molar-refractivity contribution in [3.05, 3.63) is 65.2 Å². The molecule has 4 nitrogen and oxygen atoms in total. The third-order valence-electron chi connectivity index (χ3n) is 2.94. The fourth-order valence-electron chi connectivity index (χ4n) is 1.97. The molecule has 0 amide bonds. The van der Waals surface area contributed by atoms with E-state index in [-0.39, 0.29) is 0 Å². The van der Waals surface area contributed by atoms with Crippen LogP contribution in [0.2, 0.25) is 5.02 Å². The minimum atomic E-state index is 0.696. The van der Waals surface area contributed by atoms with Crippen molar-refractivity contribution >= 4 is 23.4 Å². The molecule has 106 valence electrons. The lowest BCUT2D eigenvalue weighted by Crippen LogP contribution is -1.99. The third kappa shape index (κ3) is 3.25. The van der Waals surface area contributed by atoms with Crippen molar-refractivity contribution < 1.29 is 0 Å². The molecule has 0 aliphatic rings. The minimum absolute atomic E-state index is 0.696. The van der Waals surface area contributed by atoms with Crippen LogP contribution in [-0.2, 0) is 5.75 Å². The van der Waals surface area contributed by atoms with Gasteiger partial charge in [-0.05, 0) is 37.3 Å². The molecule has 6 heteroatoms. The van der Waals surface area contributed by atoms with Gasteiger partial charge < -0.3 is 0 Å². The number of halogens is 1. The van der Waals surface area contributed by atoms with Gasteiger partial charge in [0.1, 0.15) is 5.82 Å². The van der Waals surface area contributed by atoms with Gasteiger partial charge in [0.2, 0.25) is 0 Å². The Labute approximate surface area is 132 Å². The van der Waals surface area contributed by atoms with E-state index in [9.17, 15) is 0 Å². The fourth-order valence-corrected chi connectivity index (χ4v) is 3.07. The van der Waals surface area contributed by atoms with Crippen molar-refractivity contribution in [1.29, 1.82) is 0 Å². The lowest BCUT2D eigenvalue weighted by atomic mass is 10.3. The highest BCUT2D eigenvalue weighted by Gasteiger charge is 2.12. The van der Waals surface area contributed by atoms with Gasteiger partial charge in [0.15, 0.2) is 5.16 Å². The van der Waals surface area contributed by atoms with Crippen LogP contribution in [-0.4, -0.2) is 19.7 Å². The summed E-state index contributed by atoms with van der Waals surface area (Å²) in [6.07, 6.45) is 1.79. The summed E-state index contributed by atoms with van der Waals surface area (Å²) in [7, 11) is 0. The van der Waals surface area contributed by atoms with Crippen LogP contribution in [0.4, 0.5) is 0 Å². The van der Waals surface area contributed by atoms with E-state index in [4.69, 9.17) is 11.6 Å². The quantitative estimate of drug-likeness (QED) is 0.684. The van der Waals surface area contributed by atoms with Crippen LogP contribution >= 0.6 is 23.4 Å². The summed E-state index contributed by atoms with van der Waals surface area (Å²) in [6, 6.07) is 13.6. The standard InChI is InChI=1S/C15H13ClN4S/c1-11-18-19-15(21-10-13-6-2-3-8-17-13)20(11)14-7-4-5-12(16)9-14/h2-9H,10H2,1H3. The van der Waals surface area contributed by atoms with Crippen LogP contribution in [0.1, 0.15) is 11.5 Å². The lowest BCUT2D eigenvalue weighted by Gasteiger charge is -2.08. The maximum Gasteiger partial charge on any atom is 0.196 e. The second kappa shape index (κ2) is 6.28. The second-order valence-corrected chi connectivity index (χ2v) is 5.83. The van der Waals surface area contributed by atoms with E-state index in [1.165, 1.54) is 0 Å². The van der Waals surface area contributed by atoms with Gasteiger partial charge in [-0.3, -0.25) is 9.55 Å². The Morgan fingerprint density at radius 3 is 2.81 bits per heavy atom. The molecule has 1 aromatic carbocycles. The maximum atomic E-state index is 6.07. The number of rotatable bonds is 4. The lowest BCUT2D eigenvalue weighted by molar-refractivity contribution is 0.867. The average molecular weight is 317 g/mol. The maximum absolute atomic E-state index is 6.07. The fraction of sp³-hybridized carbons (Fsp3) is 0.133. The first kappa shape index (κ1) is 14.1. The first-order chi connectivity index (χ1) is 10.2. The van der Waals surface area contributed by atoms with E-state index in [1.54, 1.807) is 18.0 Å². The van der Waals surface area contributed by atoms with Crippen molar-refractivity contribution in [2.24, 2.45) is 0 Å². The van der Waals surface area contributed by atoms with Crippen molar-refractivity contribution in [3.8, 4) is 5.69 Å². The largest absolute Gasteiger partial charge is 0.274 e. The molecule has 0 unspecified atom stereocenters. The normalized spacial score (nSPS) is 10.8. The van der Waals surface area contributed by atoms with E-state index >= 15 is 0 Å². The van der Waals surface area contributed by atoms with E-state index in [0.717, 1.165) is 28.1 Å². The van der Waals surface area contributed by atoms with Crippen LogP contribution in [0, 0.1) is 6.92 Å². The molecule has 0 radical (unpaired) electrons. The minimum Gasteiger partial charge on any atom is -0.274 e. The molecule has 0 aliphatic heterocycles. The van der Waals surface area contributed by atoms with Crippen LogP contribution < -0.4 is 0 Å². The Morgan fingerprint density at radius 1 is 1.14 bits per heavy atom. The molecule has 0 fully saturated rings. The van der Waals surface area contributed by atoms with Crippen LogP contribution in [0.3, 0.4) is 0 Å². The number of nitrogens with zero attached hydrogens (tertiary/aromatic N) is 4. The highest BCUT2D eigenvalue weighted by Crippen LogP contribution is 2.25. The van der Waals surface area contributed by atoms with Crippen LogP contribution in [0.15, 0.2) is 53.8 Å². The van der Waals surface area contributed by atoms with E-state index in [0.29, 0.717) is 5.02 Å². The van der Waals surface area contributed by atoms with Crippen molar-refractivity contribution in [2.45, 2.75) is 17.8 Å². The van der Waals surface area contributed by atoms with E-state index in [2.05, 4.69) is 15.2 Å². The van der Waals surface area contributed by atoms with Gasteiger partial charge in [0.25, 0.3) is 0 Å². The zero-order valence-electron chi connectivity index (χ0n) is 11.4. The zero-order valence-corrected chi connectivity index (χ0v) is 13.0. The van der Waals surface area contributed by atoms with E-state index in [1.807, 2.05) is 54.0 Å². The van der Waals surface area contributed by atoms with Gasteiger partial charge in [-0.1, -0.05) is 35.5 Å². The SMILES string of the molecule is Cc1nnc(SCc2ccccn2)n1-c1cccc(Cl)c1. The van der Waals surface area contributed by atoms with Crippen molar-refractivity contribution in [3.63, 3.8) is 0 Å². The Balaban J connectivity index is 1.87. The molecular weight excluding hydrogens is 304 g/mol. The smallest absolute Gasteiger partial charge is 0.196 e. The average Bonchev–Trinajstić information content (AvgIpc) is 2.87. The van der Waals surface area contributed by atoms with Gasteiger partial charge >= 0.3 is 0 Å². The summed E-state index contributed by atoms with van der Waals surface area (Å²) in [4.78, 5) is 4.32. The van der Waals surface area contributed by atoms with Gasteiger partial charge in [0.05, 0.1) is 11.4 Å². The molecule has 3 rings (SSSR count). The molecule has 0 atom stereocenters. The van der Waals surface area contributed by atoms with Crippen LogP contribution in [0.5, 0.6) is 0 Å². The molecule has 3 aromatic rings. The molecule has 0 N–H and O–H groups in total. The Bertz CT molecular complexity index is 742. The van der Waals surface area contributed by atoms with Gasteiger partial charge in [-0.25, -0.2) is 0 Å². The number of benzene rings is 1. The molecule has 21 heavy (non-hydrogen) atoms. The molecular formula is C15H13ClN4S. The summed E-state index contributed by atoms with van der Waals surface area (Å²) in [5.41, 5.74) is 1.98.